The minimum atomic E-state index is -0.0205. The minimum Gasteiger partial charge on any atom is -0.497 e. The van der Waals surface area contributed by atoms with Crippen LogP contribution >= 0.6 is 35.0 Å². The van der Waals surface area contributed by atoms with Gasteiger partial charge in [0.2, 0.25) is 5.91 Å². The Bertz CT molecular complexity index is 730. The van der Waals surface area contributed by atoms with Gasteiger partial charge in [0.15, 0.2) is 0 Å². The van der Waals surface area contributed by atoms with Crippen molar-refractivity contribution in [3.8, 4) is 5.75 Å². The molecule has 3 nitrogen and oxygen atoms in total. The summed E-state index contributed by atoms with van der Waals surface area (Å²) >= 11 is 13.9. The normalized spacial score (nSPS) is 12.1. The first-order valence-corrected chi connectivity index (χ1v) is 10.8. The standard InChI is InChI=1S/C21H25Cl2NO2S/c1-14(2)11-20(15-7-9-16(26-3)10-8-15)24-21(25)13-27-12-17-18(22)5-4-6-19(17)23/h4-10,14,20H,11-13H2,1-3H3,(H,24,25)/t20-/m1/s1. The van der Waals surface area contributed by atoms with Crippen LogP contribution in [-0.2, 0) is 10.5 Å². The molecular weight excluding hydrogens is 401 g/mol. The summed E-state index contributed by atoms with van der Waals surface area (Å²) < 4.78 is 5.21. The predicted octanol–water partition coefficient (Wildman–Crippen LogP) is 6.14. The third kappa shape index (κ3) is 6.95. The van der Waals surface area contributed by atoms with E-state index < -0.39 is 0 Å². The third-order valence-corrected chi connectivity index (χ3v) is 5.77. The molecule has 27 heavy (non-hydrogen) atoms. The van der Waals surface area contributed by atoms with Gasteiger partial charge < -0.3 is 10.1 Å². The van der Waals surface area contributed by atoms with E-state index >= 15 is 0 Å². The van der Waals surface area contributed by atoms with Crippen LogP contribution in [0, 0.1) is 5.92 Å². The van der Waals surface area contributed by atoms with E-state index in [1.165, 1.54) is 11.8 Å². The molecule has 0 heterocycles. The molecule has 0 spiro atoms. The second kappa shape index (κ2) is 10.8. The van der Waals surface area contributed by atoms with Crippen LogP contribution in [0.3, 0.4) is 0 Å². The molecule has 2 aromatic carbocycles. The fourth-order valence-corrected chi connectivity index (χ4v) is 4.31. The Kier molecular flexibility index (Phi) is 8.81. The molecule has 6 heteroatoms. The van der Waals surface area contributed by atoms with Crippen LogP contribution < -0.4 is 10.1 Å². The molecular formula is C21H25Cl2NO2S. The molecule has 146 valence electrons. The number of ether oxygens (including phenoxy) is 1. The molecule has 1 atom stereocenters. The summed E-state index contributed by atoms with van der Waals surface area (Å²) in [6, 6.07) is 13.3. The van der Waals surface area contributed by atoms with Crippen molar-refractivity contribution >= 4 is 40.9 Å². The van der Waals surface area contributed by atoms with E-state index in [0.717, 1.165) is 23.3 Å². The summed E-state index contributed by atoms with van der Waals surface area (Å²) in [4.78, 5) is 12.5. The first-order valence-electron chi connectivity index (χ1n) is 8.84. The highest BCUT2D eigenvalue weighted by molar-refractivity contribution is 7.99. The van der Waals surface area contributed by atoms with Crippen LogP contribution in [0.15, 0.2) is 42.5 Å². The van der Waals surface area contributed by atoms with E-state index in [-0.39, 0.29) is 11.9 Å². The Balaban J connectivity index is 1.94. The second-order valence-electron chi connectivity index (χ2n) is 6.72. The molecule has 0 radical (unpaired) electrons. The zero-order valence-electron chi connectivity index (χ0n) is 15.8. The summed E-state index contributed by atoms with van der Waals surface area (Å²) in [6.45, 7) is 4.30. The highest BCUT2D eigenvalue weighted by Gasteiger charge is 2.17. The SMILES string of the molecule is COc1ccc([C@@H](CC(C)C)NC(=O)CSCc2c(Cl)cccc2Cl)cc1. The number of rotatable bonds is 9. The van der Waals surface area contributed by atoms with Crippen molar-refractivity contribution in [2.24, 2.45) is 5.92 Å². The highest BCUT2D eigenvalue weighted by Crippen LogP contribution is 2.28. The molecule has 0 aliphatic heterocycles. The van der Waals surface area contributed by atoms with Gasteiger partial charge in [0.25, 0.3) is 0 Å². The van der Waals surface area contributed by atoms with E-state index in [1.807, 2.05) is 42.5 Å². The molecule has 0 bridgehead atoms. The van der Waals surface area contributed by atoms with Gasteiger partial charge in [-0.15, -0.1) is 11.8 Å². The van der Waals surface area contributed by atoms with Crippen LogP contribution in [0.1, 0.15) is 37.4 Å². The van der Waals surface area contributed by atoms with Gasteiger partial charge in [0.05, 0.1) is 18.9 Å². The number of halogens is 2. The number of amides is 1. The monoisotopic (exact) mass is 425 g/mol. The van der Waals surface area contributed by atoms with Crippen molar-refractivity contribution in [3.63, 3.8) is 0 Å². The lowest BCUT2D eigenvalue weighted by molar-refractivity contribution is -0.119. The maximum absolute atomic E-state index is 12.5. The largest absolute Gasteiger partial charge is 0.497 e. The number of methoxy groups -OCH3 is 1. The molecule has 0 aliphatic carbocycles. The van der Waals surface area contributed by atoms with E-state index in [4.69, 9.17) is 27.9 Å². The molecule has 0 saturated carbocycles. The Hall–Kier alpha value is -1.36. The van der Waals surface area contributed by atoms with E-state index in [0.29, 0.717) is 27.5 Å². The third-order valence-electron chi connectivity index (χ3n) is 4.10. The van der Waals surface area contributed by atoms with Crippen LogP contribution in [0.2, 0.25) is 10.0 Å². The highest BCUT2D eigenvalue weighted by atomic mass is 35.5. The lowest BCUT2D eigenvalue weighted by Gasteiger charge is -2.21. The van der Waals surface area contributed by atoms with Crippen molar-refractivity contribution in [2.75, 3.05) is 12.9 Å². The van der Waals surface area contributed by atoms with E-state index in [9.17, 15) is 4.79 Å². The molecule has 0 fully saturated rings. The summed E-state index contributed by atoms with van der Waals surface area (Å²) in [7, 11) is 1.64. The number of carbonyl (C=O) groups is 1. The lowest BCUT2D eigenvalue weighted by atomic mass is 9.97. The Morgan fingerprint density at radius 2 is 1.74 bits per heavy atom. The zero-order chi connectivity index (χ0) is 19.8. The Morgan fingerprint density at radius 1 is 1.11 bits per heavy atom. The summed E-state index contributed by atoms with van der Waals surface area (Å²) in [5.41, 5.74) is 1.95. The summed E-state index contributed by atoms with van der Waals surface area (Å²) in [5, 5.41) is 4.41. The van der Waals surface area contributed by atoms with Crippen LogP contribution in [0.4, 0.5) is 0 Å². The molecule has 1 N–H and O–H groups in total. The number of hydrogen-bond acceptors (Lipinski definition) is 3. The average Bonchev–Trinajstić information content (AvgIpc) is 2.63. The molecule has 2 aromatic rings. The van der Waals surface area contributed by atoms with Crippen molar-refractivity contribution in [1.82, 2.24) is 5.32 Å². The van der Waals surface area contributed by atoms with Crippen LogP contribution in [-0.4, -0.2) is 18.8 Å². The maximum Gasteiger partial charge on any atom is 0.230 e. The summed E-state index contributed by atoms with van der Waals surface area (Å²) in [5.74, 6) is 2.23. The first-order chi connectivity index (χ1) is 12.9. The van der Waals surface area contributed by atoms with Gasteiger partial charge in [-0.2, -0.15) is 0 Å². The minimum absolute atomic E-state index is 0.00430. The number of carbonyl (C=O) groups excluding carboxylic acids is 1. The Labute approximate surface area is 175 Å². The predicted molar refractivity (Wildman–Crippen MR) is 116 cm³/mol. The van der Waals surface area contributed by atoms with Crippen molar-refractivity contribution in [2.45, 2.75) is 32.1 Å². The lowest BCUT2D eigenvalue weighted by Crippen LogP contribution is -2.30. The van der Waals surface area contributed by atoms with Gasteiger partial charge in [-0.05, 0) is 47.7 Å². The molecule has 0 unspecified atom stereocenters. The average molecular weight is 426 g/mol. The van der Waals surface area contributed by atoms with Crippen molar-refractivity contribution in [3.05, 3.63) is 63.6 Å². The quantitative estimate of drug-likeness (QED) is 0.524. The van der Waals surface area contributed by atoms with Gasteiger partial charge in [0.1, 0.15) is 5.75 Å². The molecule has 1 amide bonds. The second-order valence-corrected chi connectivity index (χ2v) is 8.52. The van der Waals surface area contributed by atoms with Gasteiger partial charge in [0, 0.05) is 15.8 Å². The summed E-state index contributed by atoms with van der Waals surface area (Å²) in [6.07, 6.45) is 0.874. The molecule has 0 saturated heterocycles. The maximum atomic E-state index is 12.5. The zero-order valence-corrected chi connectivity index (χ0v) is 18.1. The van der Waals surface area contributed by atoms with Gasteiger partial charge in [-0.3, -0.25) is 4.79 Å². The number of benzene rings is 2. The van der Waals surface area contributed by atoms with E-state index in [2.05, 4.69) is 19.2 Å². The number of nitrogens with one attached hydrogen (secondary N) is 1. The first kappa shape index (κ1) is 21.9. The smallest absolute Gasteiger partial charge is 0.230 e. The fraction of sp³-hybridized carbons (Fsp3) is 0.381. The van der Waals surface area contributed by atoms with Crippen LogP contribution in [0.25, 0.3) is 0 Å². The van der Waals surface area contributed by atoms with Crippen molar-refractivity contribution in [1.29, 1.82) is 0 Å². The van der Waals surface area contributed by atoms with E-state index in [1.54, 1.807) is 7.11 Å². The number of hydrogen-bond donors (Lipinski definition) is 1. The fourth-order valence-electron chi connectivity index (χ4n) is 2.74. The molecule has 0 aliphatic rings. The molecule has 2 rings (SSSR count). The molecule has 0 aromatic heterocycles. The Morgan fingerprint density at radius 3 is 2.30 bits per heavy atom. The van der Waals surface area contributed by atoms with Gasteiger partial charge >= 0.3 is 0 Å². The topological polar surface area (TPSA) is 38.3 Å². The van der Waals surface area contributed by atoms with Crippen molar-refractivity contribution < 1.29 is 9.53 Å². The van der Waals surface area contributed by atoms with Crippen LogP contribution in [0.5, 0.6) is 5.75 Å². The number of thioether (sulfide) groups is 1. The van der Waals surface area contributed by atoms with Gasteiger partial charge in [-0.25, -0.2) is 0 Å². The van der Waals surface area contributed by atoms with Gasteiger partial charge in [-0.1, -0.05) is 55.2 Å².